The standard InChI is InChI=1S/C14H30N4O/c1-14(2,3)12-6-5-9-18(10-7-12)13(17-15)16-8-11-19-4/h12H,5-11,15H2,1-4H3,(H,16,17). The summed E-state index contributed by atoms with van der Waals surface area (Å²) in [6, 6.07) is 0. The Hall–Kier alpha value is -0.810. The van der Waals surface area contributed by atoms with E-state index in [9.17, 15) is 0 Å². The molecule has 0 amide bonds. The SMILES string of the molecule is COCCN=C(NN)N1CCCC(C(C)(C)C)CC1. The molecule has 0 aromatic rings. The summed E-state index contributed by atoms with van der Waals surface area (Å²) in [5.41, 5.74) is 3.12. The number of hydrazine groups is 1. The van der Waals surface area contributed by atoms with E-state index < -0.39 is 0 Å². The summed E-state index contributed by atoms with van der Waals surface area (Å²) in [6.07, 6.45) is 3.69. The van der Waals surface area contributed by atoms with Gasteiger partial charge in [0.25, 0.3) is 0 Å². The number of aliphatic imine (C=N–C) groups is 1. The summed E-state index contributed by atoms with van der Waals surface area (Å²) in [7, 11) is 1.69. The quantitative estimate of drug-likeness (QED) is 0.269. The lowest BCUT2D eigenvalue weighted by Gasteiger charge is -2.30. The minimum atomic E-state index is 0.388. The second kappa shape index (κ2) is 7.70. The molecule has 5 nitrogen and oxygen atoms in total. The van der Waals surface area contributed by atoms with Crippen LogP contribution in [0.2, 0.25) is 0 Å². The molecule has 0 saturated carbocycles. The van der Waals surface area contributed by atoms with Crippen molar-refractivity contribution in [2.24, 2.45) is 22.2 Å². The topological polar surface area (TPSA) is 62.9 Å². The van der Waals surface area contributed by atoms with Crippen molar-refractivity contribution in [1.29, 1.82) is 0 Å². The molecule has 1 aliphatic heterocycles. The molecule has 1 atom stereocenters. The van der Waals surface area contributed by atoms with E-state index in [0.29, 0.717) is 18.6 Å². The fourth-order valence-corrected chi connectivity index (χ4v) is 2.65. The molecule has 19 heavy (non-hydrogen) atoms. The van der Waals surface area contributed by atoms with E-state index in [2.05, 4.69) is 36.1 Å². The van der Waals surface area contributed by atoms with Gasteiger partial charge in [-0.2, -0.15) is 0 Å². The van der Waals surface area contributed by atoms with Crippen LogP contribution < -0.4 is 11.3 Å². The number of rotatable bonds is 3. The fourth-order valence-electron chi connectivity index (χ4n) is 2.65. The molecule has 0 aliphatic carbocycles. The molecule has 1 heterocycles. The van der Waals surface area contributed by atoms with Gasteiger partial charge in [0, 0.05) is 20.2 Å². The van der Waals surface area contributed by atoms with Gasteiger partial charge in [-0.15, -0.1) is 0 Å². The highest BCUT2D eigenvalue weighted by atomic mass is 16.5. The van der Waals surface area contributed by atoms with Crippen molar-refractivity contribution in [3.05, 3.63) is 0 Å². The highest BCUT2D eigenvalue weighted by molar-refractivity contribution is 5.79. The summed E-state index contributed by atoms with van der Waals surface area (Å²) in [4.78, 5) is 6.73. The van der Waals surface area contributed by atoms with Crippen LogP contribution in [0.5, 0.6) is 0 Å². The predicted octanol–water partition coefficient (Wildman–Crippen LogP) is 1.60. The summed E-state index contributed by atoms with van der Waals surface area (Å²) in [5.74, 6) is 7.17. The molecule has 1 aliphatic rings. The van der Waals surface area contributed by atoms with Crippen molar-refractivity contribution in [2.75, 3.05) is 33.4 Å². The molecule has 0 aromatic carbocycles. The first-order valence-electron chi connectivity index (χ1n) is 7.24. The first-order chi connectivity index (χ1) is 8.99. The van der Waals surface area contributed by atoms with Crippen molar-refractivity contribution in [3.8, 4) is 0 Å². The monoisotopic (exact) mass is 270 g/mol. The second-order valence-electron chi connectivity index (χ2n) is 6.32. The van der Waals surface area contributed by atoms with Crippen molar-refractivity contribution < 1.29 is 4.74 Å². The number of guanidine groups is 1. The number of nitrogens with zero attached hydrogens (tertiary/aromatic N) is 2. The Bertz CT molecular complexity index is 286. The molecule has 112 valence electrons. The van der Waals surface area contributed by atoms with Crippen LogP contribution in [-0.4, -0.2) is 44.2 Å². The molecule has 1 fully saturated rings. The van der Waals surface area contributed by atoms with Crippen molar-refractivity contribution in [1.82, 2.24) is 10.3 Å². The first-order valence-corrected chi connectivity index (χ1v) is 7.24. The van der Waals surface area contributed by atoms with E-state index in [0.717, 1.165) is 25.0 Å². The van der Waals surface area contributed by atoms with E-state index in [4.69, 9.17) is 10.6 Å². The zero-order valence-electron chi connectivity index (χ0n) is 12.9. The number of nitrogens with one attached hydrogen (secondary N) is 1. The Kier molecular flexibility index (Phi) is 6.58. The third-order valence-corrected chi connectivity index (χ3v) is 3.94. The molecule has 0 aromatic heterocycles. The van der Waals surface area contributed by atoms with E-state index in [1.807, 2.05) is 0 Å². The van der Waals surface area contributed by atoms with E-state index in [1.165, 1.54) is 19.3 Å². The van der Waals surface area contributed by atoms with Crippen LogP contribution in [0.25, 0.3) is 0 Å². The van der Waals surface area contributed by atoms with Crippen LogP contribution in [0, 0.1) is 11.3 Å². The van der Waals surface area contributed by atoms with Gasteiger partial charge in [0.05, 0.1) is 13.2 Å². The summed E-state index contributed by atoms with van der Waals surface area (Å²) in [6.45, 7) is 10.3. The third-order valence-electron chi connectivity index (χ3n) is 3.94. The highest BCUT2D eigenvalue weighted by Crippen LogP contribution is 2.34. The van der Waals surface area contributed by atoms with Crippen LogP contribution in [0.15, 0.2) is 4.99 Å². The number of methoxy groups -OCH3 is 1. The Morgan fingerprint density at radius 3 is 2.68 bits per heavy atom. The Morgan fingerprint density at radius 2 is 2.11 bits per heavy atom. The largest absolute Gasteiger partial charge is 0.383 e. The normalized spacial score (nSPS) is 22.3. The van der Waals surface area contributed by atoms with Gasteiger partial charge in [0.2, 0.25) is 5.96 Å². The minimum Gasteiger partial charge on any atom is -0.383 e. The van der Waals surface area contributed by atoms with Gasteiger partial charge < -0.3 is 9.64 Å². The van der Waals surface area contributed by atoms with Crippen LogP contribution in [0.1, 0.15) is 40.0 Å². The minimum absolute atomic E-state index is 0.388. The van der Waals surface area contributed by atoms with Gasteiger partial charge in [-0.3, -0.25) is 5.43 Å². The van der Waals surface area contributed by atoms with Gasteiger partial charge in [0.1, 0.15) is 0 Å². The van der Waals surface area contributed by atoms with Crippen LogP contribution >= 0.6 is 0 Å². The number of likely N-dealkylation sites (tertiary alicyclic amines) is 1. The molecule has 0 spiro atoms. The average Bonchev–Trinajstić information content (AvgIpc) is 2.60. The van der Waals surface area contributed by atoms with Gasteiger partial charge in [-0.25, -0.2) is 10.8 Å². The molecule has 0 bridgehead atoms. The molecule has 1 saturated heterocycles. The van der Waals surface area contributed by atoms with E-state index in [1.54, 1.807) is 7.11 Å². The maximum absolute atomic E-state index is 5.59. The van der Waals surface area contributed by atoms with Gasteiger partial charge in [0.15, 0.2) is 0 Å². The number of nitrogens with two attached hydrogens (primary N) is 1. The summed E-state index contributed by atoms with van der Waals surface area (Å²) < 4.78 is 5.02. The smallest absolute Gasteiger partial charge is 0.208 e. The maximum Gasteiger partial charge on any atom is 0.208 e. The maximum atomic E-state index is 5.59. The molecule has 3 N–H and O–H groups in total. The summed E-state index contributed by atoms with van der Waals surface area (Å²) in [5, 5.41) is 0. The van der Waals surface area contributed by atoms with E-state index in [-0.39, 0.29) is 0 Å². The summed E-state index contributed by atoms with van der Waals surface area (Å²) >= 11 is 0. The fraction of sp³-hybridized carbons (Fsp3) is 0.929. The highest BCUT2D eigenvalue weighted by Gasteiger charge is 2.27. The van der Waals surface area contributed by atoms with Crippen molar-refractivity contribution in [3.63, 3.8) is 0 Å². The number of hydrogen-bond donors (Lipinski definition) is 2. The van der Waals surface area contributed by atoms with Crippen molar-refractivity contribution in [2.45, 2.75) is 40.0 Å². The number of hydrogen-bond acceptors (Lipinski definition) is 3. The predicted molar refractivity (Wildman–Crippen MR) is 79.9 cm³/mol. The Balaban J connectivity index is 2.57. The van der Waals surface area contributed by atoms with Crippen LogP contribution in [0.4, 0.5) is 0 Å². The van der Waals surface area contributed by atoms with Crippen LogP contribution in [-0.2, 0) is 4.74 Å². The third kappa shape index (κ3) is 5.37. The van der Waals surface area contributed by atoms with Gasteiger partial charge in [-0.1, -0.05) is 20.8 Å². The lowest BCUT2D eigenvalue weighted by molar-refractivity contribution is 0.207. The molecule has 5 heteroatoms. The second-order valence-corrected chi connectivity index (χ2v) is 6.32. The lowest BCUT2D eigenvalue weighted by Crippen LogP contribution is -2.45. The lowest BCUT2D eigenvalue weighted by atomic mass is 9.77. The van der Waals surface area contributed by atoms with Crippen LogP contribution in [0.3, 0.4) is 0 Å². The molecular formula is C14H30N4O. The average molecular weight is 270 g/mol. The zero-order valence-corrected chi connectivity index (χ0v) is 12.9. The zero-order chi connectivity index (χ0) is 14.3. The van der Waals surface area contributed by atoms with E-state index >= 15 is 0 Å². The molecule has 0 radical (unpaired) electrons. The number of ether oxygens (including phenoxy) is 1. The molecular weight excluding hydrogens is 240 g/mol. The van der Waals surface area contributed by atoms with Crippen molar-refractivity contribution >= 4 is 5.96 Å². The molecule has 1 rings (SSSR count). The molecule has 1 unspecified atom stereocenters. The van der Waals surface area contributed by atoms with Gasteiger partial charge >= 0.3 is 0 Å². The first kappa shape index (κ1) is 16.2. The van der Waals surface area contributed by atoms with Gasteiger partial charge in [-0.05, 0) is 30.6 Å². The Labute approximate surface area is 117 Å². The Morgan fingerprint density at radius 1 is 1.37 bits per heavy atom.